The second kappa shape index (κ2) is 13.5. The van der Waals surface area contributed by atoms with E-state index < -0.39 is 0 Å². The number of phenolic OH excluding ortho intramolecular Hbond substituents is 1. The van der Waals surface area contributed by atoms with Gasteiger partial charge in [0.05, 0.1) is 11.4 Å². The molecule has 3 unspecified atom stereocenters. The number of phenols is 1. The van der Waals surface area contributed by atoms with Crippen molar-refractivity contribution in [1.82, 2.24) is 30.4 Å². The summed E-state index contributed by atoms with van der Waals surface area (Å²) in [5.74, 6) is 1.30. The number of nitrogens with two attached hydrogens (primary N) is 1. The number of nitrogens with one attached hydrogen (secondary N) is 2. The number of piperazine rings is 1. The second-order valence-electron chi connectivity index (χ2n) is 13.9. The molecule has 258 valence electrons. The largest absolute Gasteiger partial charge is 0.507 e. The van der Waals surface area contributed by atoms with E-state index in [0.29, 0.717) is 35.8 Å². The molecule has 8 rings (SSSR count). The summed E-state index contributed by atoms with van der Waals surface area (Å²) in [4.78, 5) is 40.6. The number of aromatic nitrogens is 4. The number of carbonyl (C=O) groups is 2. The fourth-order valence-electron chi connectivity index (χ4n) is 8.04. The van der Waals surface area contributed by atoms with Crippen LogP contribution in [0.15, 0.2) is 67.0 Å². The monoisotopic (exact) mass is 674 g/mol. The SMILES string of the molecule is Nc1nnc(-c2ccccc2O)cc1N1CC2CCC(C1)N2c1ncc(C2CCN(Cc3cccc(NC4CCC(=O)NC4=O)c3)CC2)cn1. The van der Waals surface area contributed by atoms with Crippen molar-refractivity contribution < 1.29 is 14.7 Å². The minimum Gasteiger partial charge on any atom is -0.507 e. The number of nitrogen functional groups attached to an aromatic ring is 1. The third-order valence-electron chi connectivity index (χ3n) is 10.7. The lowest BCUT2D eigenvalue weighted by molar-refractivity contribution is -0.133. The number of carbonyl (C=O) groups excluding carboxylic acids is 2. The van der Waals surface area contributed by atoms with E-state index in [4.69, 9.17) is 15.7 Å². The molecule has 2 aromatic heterocycles. The molecule has 2 amide bonds. The first-order valence-corrected chi connectivity index (χ1v) is 17.6. The van der Waals surface area contributed by atoms with Crippen molar-refractivity contribution in [3.8, 4) is 17.0 Å². The van der Waals surface area contributed by atoms with Crippen molar-refractivity contribution in [2.24, 2.45) is 0 Å². The number of hydrogen-bond acceptors (Lipinski definition) is 12. The zero-order valence-electron chi connectivity index (χ0n) is 27.9. The Labute approximate surface area is 290 Å². The number of nitrogens with zero attached hydrogens (tertiary/aromatic N) is 7. The Balaban J connectivity index is 0.863. The van der Waals surface area contributed by atoms with Crippen LogP contribution in [0, 0.1) is 0 Å². The van der Waals surface area contributed by atoms with Crippen LogP contribution in [-0.4, -0.2) is 86.3 Å². The average molecular weight is 675 g/mol. The highest BCUT2D eigenvalue weighted by molar-refractivity contribution is 6.01. The molecule has 0 radical (unpaired) electrons. The van der Waals surface area contributed by atoms with Crippen molar-refractivity contribution in [1.29, 1.82) is 0 Å². The van der Waals surface area contributed by atoms with E-state index in [1.54, 1.807) is 12.1 Å². The molecule has 4 saturated heterocycles. The standard InChI is InChI=1S/C37H42N10O3/c38-35-32(17-31(43-44-35)29-6-1-2-7-33(29)48)46-21-27-8-9-28(22-46)47(27)37-39-18-25(19-40-37)24-12-14-45(15-13-24)20-23-4-3-5-26(16-23)41-30-10-11-34(49)42-36(30)50/h1-7,16-19,24,27-28,30,41,48H,8-15,20-22H2,(H2,38,44)(H,42,49,50). The number of benzene rings is 2. The molecule has 6 heterocycles. The molecule has 4 aromatic rings. The molecule has 2 bridgehead atoms. The Morgan fingerprint density at radius 2 is 1.66 bits per heavy atom. The maximum absolute atomic E-state index is 12.2. The lowest BCUT2D eigenvalue weighted by atomic mass is 9.91. The van der Waals surface area contributed by atoms with Crippen molar-refractivity contribution in [2.75, 3.05) is 47.0 Å². The quantitative estimate of drug-likeness (QED) is 0.201. The average Bonchev–Trinajstić information content (AvgIpc) is 3.39. The normalized spacial score (nSPS) is 22.8. The Morgan fingerprint density at radius 1 is 0.900 bits per heavy atom. The maximum atomic E-state index is 12.2. The summed E-state index contributed by atoms with van der Waals surface area (Å²) in [7, 11) is 0. The molecule has 0 saturated carbocycles. The third kappa shape index (κ3) is 6.52. The Bertz CT molecular complexity index is 1870. The van der Waals surface area contributed by atoms with Gasteiger partial charge in [0.15, 0.2) is 5.82 Å². The predicted octanol–water partition coefficient (Wildman–Crippen LogP) is 3.68. The number of anilines is 4. The van der Waals surface area contributed by atoms with E-state index in [0.717, 1.165) is 75.7 Å². The number of fused-ring (bicyclic) bond motifs is 2. The van der Waals surface area contributed by atoms with Crippen LogP contribution in [0.1, 0.15) is 55.6 Å². The topological polar surface area (TPSA) is 166 Å². The van der Waals surface area contributed by atoms with Crippen LogP contribution < -0.4 is 26.2 Å². The minimum absolute atomic E-state index is 0.164. The van der Waals surface area contributed by atoms with Crippen LogP contribution in [0.3, 0.4) is 0 Å². The van der Waals surface area contributed by atoms with Gasteiger partial charge in [-0.2, -0.15) is 0 Å². The van der Waals surface area contributed by atoms with Gasteiger partial charge in [-0.05, 0) is 92.6 Å². The minimum atomic E-state index is -0.387. The summed E-state index contributed by atoms with van der Waals surface area (Å²) < 4.78 is 0. The highest BCUT2D eigenvalue weighted by Crippen LogP contribution is 2.38. The number of piperidine rings is 2. The van der Waals surface area contributed by atoms with E-state index in [9.17, 15) is 14.7 Å². The second-order valence-corrected chi connectivity index (χ2v) is 13.9. The number of para-hydroxylation sites is 1. The van der Waals surface area contributed by atoms with Crippen LogP contribution in [0.4, 0.5) is 23.1 Å². The summed E-state index contributed by atoms with van der Waals surface area (Å²) in [6.45, 7) is 4.39. The van der Waals surface area contributed by atoms with Gasteiger partial charge in [0.2, 0.25) is 17.8 Å². The molecule has 4 aliphatic heterocycles. The summed E-state index contributed by atoms with van der Waals surface area (Å²) in [5, 5.41) is 24.6. The first-order chi connectivity index (χ1) is 24.4. The molecule has 13 heteroatoms. The van der Waals surface area contributed by atoms with Gasteiger partial charge < -0.3 is 26.0 Å². The molecule has 4 aliphatic rings. The molecule has 4 fully saturated rings. The molecular weight excluding hydrogens is 632 g/mol. The zero-order chi connectivity index (χ0) is 34.2. The first kappa shape index (κ1) is 31.9. The molecule has 13 nitrogen and oxygen atoms in total. The molecule has 0 aliphatic carbocycles. The van der Waals surface area contributed by atoms with E-state index >= 15 is 0 Å². The molecule has 3 atom stereocenters. The van der Waals surface area contributed by atoms with Gasteiger partial charge in [0.1, 0.15) is 11.8 Å². The third-order valence-corrected chi connectivity index (χ3v) is 10.7. The summed E-state index contributed by atoms with van der Waals surface area (Å²) >= 11 is 0. The van der Waals surface area contributed by atoms with Gasteiger partial charge in [-0.3, -0.25) is 19.8 Å². The highest BCUT2D eigenvalue weighted by Gasteiger charge is 2.42. The number of hydrogen-bond donors (Lipinski definition) is 4. The van der Waals surface area contributed by atoms with Gasteiger partial charge in [-0.15, -0.1) is 10.2 Å². The van der Waals surface area contributed by atoms with Crippen molar-refractivity contribution >= 4 is 35.0 Å². The van der Waals surface area contributed by atoms with Gasteiger partial charge in [0, 0.05) is 61.8 Å². The van der Waals surface area contributed by atoms with Crippen LogP contribution in [-0.2, 0) is 16.1 Å². The molecule has 50 heavy (non-hydrogen) atoms. The zero-order valence-corrected chi connectivity index (χ0v) is 27.9. The Kier molecular flexibility index (Phi) is 8.65. The first-order valence-electron chi connectivity index (χ1n) is 17.6. The van der Waals surface area contributed by atoms with Crippen LogP contribution in [0.5, 0.6) is 5.75 Å². The fourth-order valence-corrected chi connectivity index (χ4v) is 8.04. The highest BCUT2D eigenvalue weighted by atomic mass is 16.3. The van der Waals surface area contributed by atoms with Crippen molar-refractivity contribution in [3.05, 3.63) is 78.1 Å². The number of likely N-dealkylation sites (tertiary alicyclic amines) is 1. The summed E-state index contributed by atoms with van der Waals surface area (Å²) in [6, 6.07) is 17.4. The van der Waals surface area contributed by atoms with Gasteiger partial charge in [0.25, 0.3) is 0 Å². The van der Waals surface area contributed by atoms with E-state index in [1.807, 2.05) is 42.7 Å². The van der Waals surface area contributed by atoms with Gasteiger partial charge >= 0.3 is 0 Å². The van der Waals surface area contributed by atoms with E-state index in [1.165, 1.54) is 11.1 Å². The van der Waals surface area contributed by atoms with Gasteiger partial charge in [-0.25, -0.2) is 9.97 Å². The fraction of sp³-hybridized carbons (Fsp3) is 0.405. The Hall–Kier alpha value is -5.30. The van der Waals surface area contributed by atoms with Crippen molar-refractivity contribution in [3.63, 3.8) is 0 Å². The lowest BCUT2D eigenvalue weighted by Crippen LogP contribution is -2.54. The molecule has 2 aromatic carbocycles. The number of rotatable bonds is 8. The molecule has 5 N–H and O–H groups in total. The summed E-state index contributed by atoms with van der Waals surface area (Å²) in [6.07, 6.45) is 9.14. The molecular formula is C37H42N10O3. The number of aromatic hydroxyl groups is 1. The molecule has 0 spiro atoms. The van der Waals surface area contributed by atoms with E-state index in [-0.39, 0.29) is 35.7 Å². The van der Waals surface area contributed by atoms with Crippen LogP contribution in [0.25, 0.3) is 11.3 Å². The van der Waals surface area contributed by atoms with Gasteiger partial charge in [-0.1, -0.05) is 24.3 Å². The lowest BCUT2D eigenvalue weighted by Gasteiger charge is -2.42. The summed E-state index contributed by atoms with van der Waals surface area (Å²) in [5.41, 5.74) is 11.7. The van der Waals surface area contributed by atoms with Crippen molar-refractivity contribution in [2.45, 2.75) is 69.1 Å². The van der Waals surface area contributed by atoms with Crippen LogP contribution >= 0.6 is 0 Å². The maximum Gasteiger partial charge on any atom is 0.249 e. The smallest absolute Gasteiger partial charge is 0.249 e. The van der Waals surface area contributed by atoms with E-state index in [2.05, 4.69) is 47.7 Å². The van der Waals surface area contributed by atoms with Crippen LogP contribution in [0.2, 0.25) is 0 Å². The number of imide groups is 1. The Morgan fingerprint density at radius 3 is 2.40 bits per heavy atom. The predicted molar refractivity (Wildman–Crippen MR) is 191 cm³/mol. The number of amides is 2.